The summed E-state index contributed by atoms with van der Waals surface area (Å²) in [5.74, 6) is -0.911. The molecular formula is C14H14ClNO2S. The molecule has 0 fully saturated rings. The Balaban J connectivity index is 2.29. The SMILES string of the molecule is Cc1ccc(C(=O)O)c(N(C)Cc2ccc(Cl)s2)c1. The van der Waals surface area contributed by atoms with Crippen molar-refractivity contribution in [2.45, 2.75) is 13.5 Å². The maximum absolute atomic E-state index is 11.2. The van der Waals surface area contributed by atoms with Crippen molar-refractivity contribution in [1.29, 1.82) is 0 Å². The summed E-state index contributed by atoms with van der Waals surface area (Å²) in [4.78, 5) is 14.3. The Kier molecular flexibility index (Phi) is 4.12. The van der Waals surface area contributed by atoms with E-state index in [0.29, 0.717) is 12.1 Å². The minimum atomic E-state index is -0.911. The number of carboxylic acids is 1. The normalized spacial score (nSPS) is 10.5. The molecular weight excluding hydrogens is 282 g/mol. The lowest BCUT2D eigenvalue weighted by Gasteiger charge is -2.21. The van der Waals surface area contributed by atoms with Gasteiger partial charge in [-0.1, -0.05) is 17.7 Å². The third-order valence-electron chi connectivity index (χ3n) is 2.82. The first-order valence-electron chi connectivity index (χ1n) is 5.76. The Morgan fingerprint density at radius 2 is 2.11 bits per heavy atom. The van der Waals surface area contributed by atoms with Crippen molar-refractivity contribution in [1.82, 2.24) is 0 Å². The fraction of sp³-hybridized carbons (Fsp3) is 0.214. The molecule has 0 bridgehead atoms. The van der Waals surface area contributed by atoms with Crippen LogP contribution in [0.2, 0.25) is 4.34 Å². The lowest BCUT2D eigenvalue weighted by atomic mass is 10.1. The molecule has 1 aromatic heterocycles. The van der Waals surface area contributed by atoms with E-state index in [1.807, 2.05) is 43.1 Å². The smallest absolute Gasteiger partial charge is 0.337 e. The Hall–Kier alpha value is -1.52. The van der Waals surface area contributed by atoms with E-state index in [0.717, 1.165) is 20.5 Å². The predicted octanol–water partition coefficient (Wildman–Crippen LogP) is 4.04. The van der Waals surface area contributed by atoms with E-state index in [1.54, 1.807) is 6.07 Å². The number of nitrogens with zero attached hydrogens (tertiary/aromatic N) is 1. The lowest BCUT2D eigenvalue weighted by molar-refractivity contribution is 0.0697. The first-order chi connectivity index (χ1) is 8.97. The minimum absolute atomic E-state index is 0.316. The maximum Gasteiger partial charge on any atom is 0.337 e. The second-order valence-electron chi connectivity index (χ2n) is 4.39. The predicted molar refractivity (Wildman–Crippen MR) is 79.6 cm³/mol. The largest absolute Gasteiger partial charge is 0.478 e. The number of hydrogen-bond donors (Lipinski definition) is 1. The summed E-state index contributed by atoms with van der Waals surface area (Å²) < 4.78 is 0.742. The van der Waals surface area contributed by atoms with Crippen LogP contribution in [0.1, 0.15) is 20.8 Å². The van der Waals surface area contributed by atoms with Crippen molar-refractivity contribution >= 4 is 34.6 Å². The Bertz CT molecular complexity index is 609. The molecule has 2 aromatic rings. The lowest BCUT2D eigenvalue weighted by Crippen LogP contribution is -2.19. The monoisotopic (exact) mass is 295 g/mol. The van der Waals surface area contributed by atoms with Gasteiger partial charge in [0.2, 0.25) is 0 Å². The summed E-state index contributed by atoms with van der Waals surface area (Å²) in [5.41, 5.74) is 2.07. The van der Waals surface area contributed by atoms with Crippen LogP contribution < -0.4 is 4.90 Å². The average Bonchev–Trinajstić information content (AvgIpc) is 2.74. The fourth-order valence-electron chi connectivity index (χ4n) is 1.89. The number of benzene rings is 1. The quantitative estimate of drug-likeness (QED) is 0.925. The van der Waals surface area contributed by atoms with Gasteiger partial charge in [-0.15, -0.1) is 11.3 Å². The second-order valence-corrected chi connectivity index (χ2v) is 6.19. The number of aromatic carboxylic acids is 1. The van der Waals surface area contributed by atoms with Crippen LogP contribution in [0.25, 0.3) is 0 Å². The molecule has 2 rings (SSSR count). The highest BCUT2D eigenvalue weighted by Crippen LogP contribution is 2.27. The first-order valence-corrected chi connectivity index (χ1v) is 6.96. The fourth-order valence-corrected chi connectivity index (χ4v) is 3.04. The first kappa shape index (κ1) is 13.9. The van der Waals surface area contributed by atoms with Crippen molar-refractivity contribution < 1.29 is 9.90 Å². The van der Waals surface area contributed by atoms with Gasteiger partial charge in [-0.05, 0) is 36.8 Å². The molecule has 5 heteroatoms. The minimum Gasteiger partial charge on any atom is -0.478 e. The number of thiophene rings is 1. The number of halogens is 1. The zero-order valence-electron chi connectivity index (χ0n) is 10.7. The molecule has 1 aromatic carbocycles. The zero-order valence-corrected chi connectivity index (χ0v) is 12.3. The van der Waals surface area contributed by atoms with E-state index in [4.69, 9.17) is 11.6 Å². The summed E-state index contributed by atoms with van der Waals surface area (Å²) in [7, 11) is 1.88. The number of rotatable bonds is 4. The van der Waals surface area contributed by atoms with Gasteiger partial charge in [0.25, 0.3) is 0 Å². The Labute approximate surface area is 121 Å². The molecule has 0 aliphatic carbocycles. The highest BCUT2D eigenvalue weighted by atomic mass is 35.5. The summed E-state index contributed by atoms with van der Waals surface area (Å²) in [6.45, 7) is 2.59. The van der Waals surface area contributed by atoms with Gasteiger partial charge in [-0.25, -0.2) is 4.79 Å². The van der Waals surface area contributed by atoms with Crippen LogP contribution in [0.15, 0.2) is 30.3 Å². The van der Waals surface area contributed by atoms with E-state index in [2.05, 4.69) is 0 Å². The second kappa shape index (κ2) is 5.63. The molecule has 1 heterocycles. The number of carbonyl (C=O) groups is 1. The highest BCUT2D eigenvalue weighted by molar-refractivity contribution is 7.16. The summed E-state index contributed by atoms with van der Waals surface area (Å²) >= 11 is 7.41. The van der Waals surface area contributed by atoms with Gasteiger partial charge in [-0.3, -0.25) is 0 Å². The van der Waals surface area contributed by atoms with Gasteiger partial charge in [-0.2, -0.15) is 0 Å². The van der Waals surface area contributed by atoms with Crippen LogP contribution in [0, 0.1) is 6.92 Å². The van der Waals surface area contributed by atoms with Gasteiger partial charge in [0.15, 0.2) is 0 Å². The molecule has 0 amide bonds. The maximum atomic E-state index is 11.2. The molecule has 0 saturated carbocycles. The van der Waals surface area contributed by atoms with Gasteiger partial charge in [0.1, 0.15) is 0 Å². The molecule has 0 spiro atoms. The average molecular weight is 296 g/mol. The number of aryl methyl sites for hydroxylation is 1. The Morgan fingerprint density at radius 1 is 1.37 bits per heavy atom. The highest BCUT2D eigenvalue weighted by Gasteiger charge is 2.14. The van der Waals surface area contributed by atoms with Crippen molar-refractivity contribution in [3.8, 4) is 0 Å². The van der Waals surface area contributed by atoms with Crippen molar-refractivity contribution in [2.24, 2.45) is 0 Å². The molecule has 100 valence electrons. The summed E-state index contributed by atoms with van der Waals surface area (Å²) in [6.07, 6.45) is 0. The zero-order chi connectivity index (χ0) is 14.0. The molecule has 1 N–H and O–H groups in total. The molecule has 19 heavy (non-hydrogen) atoms. The van der Waals surface area contributed by atoms with Crippen LogP contribution in [-0.2, 0) is 6.54 Å². The van der Waals surface area contributed by atoms with Crippen LogP contribution in [0.5, 0.6) is 0 Å². The molecule has 0 atom stereocenters. The van der Waals surface area contributed by atoms with Gasteiger partial charge in [0, 0.05) is 11.9 Å². The Morgan fingerprint density at radius 3 is 2.68 bits per heavy atom. The third kappa shape index (κ3) is 3.28. The van der Waals surface area contributed by atoms with E-state index >= 15 is 0 Å². The van der Waals surface area contributed by atoms with Gasteiger partial charge < -0.3 is 10.0 Å². The van der Waals surface area contributed by atoms with Crippen LogP contribution in [-0.4, -0.2) is 18.1 Å². The molecule has 0 saturated heterocycles. The molecule has 0 unspecified atom stereocenters. The van der Waals surface area contributed by atoms with Gasteiger partial charge >= 0.3 is 5.97 Å². The van der Waals surface area contributed by atoms with Crippen LogP contribution in [0.3, 0.4) is 0 Å². The third-order valence-corrected chi connectivity index (χ3v) is 4.03. The number of hydrogen-bond acceptors (Lipinski definition) is 3. The van der Waals surface area contributed by atoms with Gasteiger partial charge in [0.05, 0.1) is 22.1 Å². The topological polar surface area (TPSA) is 40.5 Å². The number of anilines is 1. The van der Waals surface area contributed by atoms with Crippen LogP contribution >= 0.6 is 22.9 Å². The van der Waals surface area contributed by atoms with E-state index in [-0.39, 0.29) is 0 Å². The summed E-state index contributed by atoms with van der Waals surface area (Å²) in [6, 6.07) is 9.15. The van der Waals surface area contributed by atoms with Crippen molar-refractivity contribution in [3.63, 3.8) is 0 Å². The molecule has 0 radical (unpaired) electrons. The molecule has 0 aliphatic rings. The van der Waals surface area contributed by atoms with E-state index in [9.17, 15) is 9.90 Å². The standard InChI is InChI=1S/C14H14ClNO2S/c1-9-3-5-11(14(17)18)12(7-9)16(2)8-10-4-6-13(15)19-10/h3-7H,8H2,1-2H3,(H,17,18). The van der Waals surface area contributed by atoms with E-state index < -0.39 is 5.97 Å². The molecule has 0 aliphatic heterocycles. The van der Waals surface area contributed by atoms with E-state index in [1.165, 1.54) is 11.3 Å². The number of carboxylic acid groups (broad SMARTS) is 1. The summed E-state index contributed by atoms with van der Waals surface area (Å²) in [5, 5.41) is 9.23. The van der Waals surface area contributed by atoms with Crippen molar-refractivity contribution in [2.75, 3.05) is 11.9 Å². The van der Waals surface area contributed by atoms with Crippen molar-refractivity contribution in [3.05, 3.63) is 50.7 Å². The van der Waals surface area contributed by atoms with Crippen LogP contribution in [0.4, 0.5) is 5.69 Å². The molecule has 3 nitrogen and oxygen atoms in total.